The van der Waals surface area contributed by atoms with Crippen molar-refractivity contribution in [3.8, 4) is 0 Å². The van der Waals surface area contributed by atoms with Crippen LogP contribution in [0.4, 0.5) is 5.69 Å². The van der Waals surface area contributed by atoms with Crippen LogP contribution < -0.4 is 4.90 Å². The molecular weight excluding hydrogens is 226 g/mol. The van der Waals surface area contributed by atoms with Crippen molar-refractivity contribution in [1.29, 1.82) is 0 Å². The van der Waals surface area contributed by atoms with Crippen molar-refractivity contribution in [2.24, 2.45) is 0 Å². The van der Waals surface area contributed by atoms with Gasteiger partial charge in [0, 0.05) is 18.8 Å². The summed E-state index contributed by atoms with van der Waals surface area (Å²) in [6, 6.07) is 8.00. The molecule has 0 unspecified atom stereocenters. The van der Waals surface area contributed by atoms with Gasteiger partial charge >= 0.3 is 0 Å². The van der Waals surface area contributed by atoms with Gasteiger partial charge in [0.15, 0.2) is 0 Å². The van der Waals surface area contributed by atoms with E-state index in [1.807, 2.05) is 31.2 Å². The first kappa shape index (κ1) is 15.0. The molecule has 0 radical (unpaired) electrons. The number of aliphatic hydroxyl groups excluding tert-OH is 2. The summed E-state index contributed by atoms with van der Waals surface area (Å²) in [7, 11) is 0. The molecule has 0 heterocycles. The third-order valence-electron chi connectivity index (χ3n) is 3.18. The van der Waals surface area contributed by atoms with Crippen molar-refractivity contribution in [2.75, 3.05) is 24.6 Å². The lowest BCUT2D eigenvalue weighted by atomic mass is 10.1. The first-order valence-electron chi connectivity index (χ1n) is 6.86. The molecule has 0 bridgehead atoms. The molecule has 1 atom stereocenters. The van der Waals surface area contributed by atoms with E-state index in [2.05, 4.69) is 11.8 Å². The van der Waals surface area contributed by atoms with Crippen LogP contribution in [0.2, 0.25) is 0 Å². The van der Waals surface area contributed by atoms with Gasteiger partial charge in [0.2, 0.25) is 0 Å². The Balaban J connectivity index is 2.73. The van der Waals surface area contributed by atoms with Gasteiger partial charge in [-0.05, 0) is 30.5 Å². The fraction of sp³-hybridized carbons (Fsp3) is 0.600. The molecule has 0 saturated carbocycles. The highest BCUT2D eigenvalue weighted by atomic mass is 16.3. The van der Waals surface area contributed by atoms with E-state index < -0.39 is 0 Å². The second-order valence-corrected chi connectivity index (χ2v) is 4.58. The van der Waals surface area contributed by atoms with Crippen molar-refractivity contribution >= 4 is 5.69 Å². The predicted octanol–water partition coefficient (Wildman–Crippen LogP) is 2.73. The monoisotopic (exact) mass is 251 g/mol. The van der Waals surface area contributed by atoms with Crippen LogP contribution >= 0.6 is 0 Å². The topological polar surface area (TPSA) is 43.7 Å². The van der Waals surface area contributed by atoms with Gasteiger partial charge in [0.05, 0.1) is 12.7 Å². The zero-order valence-corrected chi connectivity index (χ0v) is 11.5. The summed E-state index contributed by atoms with van der Waals surface area (Å²) in [6.45, 7) is 5.93. The molecule has 0 aromatic heterocycles. The molecule has 102 valence electrons. The Morgan fingerprint density at radius 3 is 2.28 bits per heavy atom. The zero-order valence-electron chi connectivity index (χ0n) is 11.5. The number of benzene rings is 1. The van der Waals surface area contributed by atoms with Gasteiger partial charge in [-0.25, -0.2) is 0 Å². The van der Waals surface area contributed by atoms with Gasteiger partial charge in [0.1, 0.15) is 0 Å². The van der Waals surface area contributed by atoms with Crippen LogP contribution in [0.25, 0.3) is 0 Å². The van der Waals surface area contributed by atoms with Crippen LogP contribution in [0.15, 0.2) is 24.3 Å². The average Bonchev–Trinajstić information content (AvgIpc) is 2.43. The van der Waals surface area contributed by atoms with E-state index in [1.54, 1.807) is 0 Å². The second kappa shape index (κ2) is 8.11. The van der Waals surface area contributed by atoms with Gasteiger partial charge in [-0.15, -0.1) is 0 Å². The molecule has 0 saturated heterocycles. The minimum Gasteiger partial charge on any atom is -0.395 e. The fourth-order valence-electron chi connectivity index (χ4n) is 1.98. The lowest BCUT2D eigenvalue weighted by Gasteiger charge is -2.24. The molecule has 18 heavy (non-hydrogen) atoms. The lowest BCUT2D eigenvalue weighted by Crippen LogP contribution is -2.27. The van der Waals surface area contributed by atoms with E-state index in [4.69, 9.17) is 5.11 Å². The lowest BCUT2D eigenvalue weighted by molar-refractivity contribution is 0.173. The maximum absolute atomic E-state index is 9.75. The van der Waals surface area contributed by atoms with Crippen LogP contribution in [0.3, 0.4) is 0 Å². The Morgan fingerprint density at radius 1 is 1.11 bits per heavy atom. The Bertz CT molecular complexity index is 324. The Kier molecular flexibility index (Phi) is 6.76. The Hall–Kier alpha value is -1.06. The number of aliphatic hydroxyl groups is 2. The van der Waals surface area contributed by atoms with E-state index in [-0.39, 0.29) is 12.7 Å². The summed E-state index contributed by atoms with van der Waals surface area (Å²) < 4.78 is 0. The summed E-state index contributed by atoms with van der Waals surface area (Å²) in [5.41, 5.74) is 2.07. The highest BCUT2D eigenvalue weighted by molar-refractivity contribution is 5.47. The molecule has 1 aromatic carbocycles. The number of hydrogen-bond acceptors (Lipinski definition) is 3. The van der Waals surface area contributed by atoms with Crippen LogP contribution in [0.1, 0.15) is 44.8 Å². The maximum Gasteiger partial charge on any atom is 0.0787 e. The molecule has 3 nitrogen and oxygen atoms in total. The van der Waals surface area contributed by atoms with E-state index in [9.17, 15) is 5.11 Å². The van der Waals surface area contributed by atoms with Gasteiger partial charge in [-0.2, -0.15) is 0 Å². The fourth-order valence-corrected chi connectivity index (χ4v) is 1.98. The summed E-state index contributed by atoms with van der Waals surface area (Å²) in [5, 5.41) is 18.8. The smallest absolute Gasteiger partial charge is 0.0787 e. The molecule has 0 aliphatic rings. The Labute approximate surface area is 110 Å². The highest BCUT2D eigenvalue weighted by Gasteiger charge is 2.08. The molecule has 0 aliphatic heterocycles. The SMILES string of the molecule is CCCCN(CCO)c1ccc([C@@H](O)CC)cc1. The molecule has 0 amide bonds. The maximum atomic E-state index is 9.75. The third kappa shape index (κ3) is 4.31. The predicted molar refractivity (Wildman–Crippen MR) is 75.9 cm³/mol. The standard InChI is InChI=1S/C15H25NO2/c1-3-5-10-16(11-12-17)14-8-6-13(7-9-14)15(18)4-2/h6-9,15,17-18H,3-5,10-12H2,1-2H3/t15-/m0/s1. The van der Waals surface area contributed by atoms with E-state index >= 15 is 0 Å². The van der Waals surface area contributed by atoms with Gasteiger partial charge in [0.25, 0.3) is 0 Å². The van der Waals surface area contributed by atoms with Gasteiger partial charge in [-0.3, -0.25) is 0 Å². The number of unbranched alkanes of at least 4 members (excludes halogenated alkanes) is 1. The van der Waals surface area contributed by atoms with Crippen molar-refractivity contribution in [3.63, 3.8) is 0 Å². The highest BCUT2D eigenvalue weighted by Crippen LogP contribution is 2.21. The van der Waals surface area contributed by atoms with Crippen molar-refractivity contribution in [2.45, 2.75) is 39.2 Å². The van der Waals surface area contributed by atoms with Crippen molar-refractivity contribution in [3.05, 3.63) is 29.8 Å². The minimum absolute atomic E-state index is 0.170. The molecule has 3 heteroatoms. The quantitative estimate of drug-likeness (QED) is 0.746. The molecular formula is C15H25NO2. The summed E-state index contributed by atoms with van der Waals surface area (Å²) in [5.74, 6) is 0. The molecule has 2 N–H and O–H groups in total. The third-order valence-corrected chi connectivity index (χ3v) is 3.18. The van der Waals surface area contributed by atoms with E-state index in [0.717, 1.165) is 37.1 Å². The zero-order chi connectivity index (χ0) is 13.4. The van der Waals surface area contributed by atoms with Crippen LogP contribution in [-0.4, -0.2) is 29.9 Å². The normalized spacial score (nSPS) is 12.4. The van der Waals surface area contributed by atoms with Crippen LogP contribution in [0.5, 0.6) is 0 Å². The number of nitrogens with zero attached hydrogens (tertiary/aromatic N) is 1. The average molecular weight is 251 g/mol. The first-order chi connectivity index (χ1) is 8.72. The van der Waals surface area contributed by atoms with Crippen LogP contribution in [-0.2, 0) is 0 Å². The van der Waals surface area contributed by atoms with Crippen molar-refractivity contribution in [1.82, 2.24) is 0 Å². The Morgan fingerprint density at radius 2 is 1.78 bits per heavy atom. The van der Waals surface area contributed by atoms with Crippen LogP contribution in [0, 0.1) is 0 Å². The molecule has 0 aliphatic carbocycles. The second-order valence-electron chi connectivity index (χ2n) is 4.58. The molecule has 1 aromatic rings. The summed E-state index contributed by atoms with van der Waals surface area (Å²) in [4.78, 5) is 2.19. The molecule has 1 rings (SSSR count). The van der Waals surface area contributed by atoms with Gasteiger partial charge < -0.3 is 15.1 Å². The first-order valence-corrected chi connectivity index (χ1v) is 6.86. The van der Waals surface area contributed by atoms with E-state index in [1.165, 1.54) is 0 Å². The molecule has 0 fully saturated rings. The number of anilines is 1. The van der Waals surface area contributed by atoms with E-state index in [0.29, 0.717) is 6.54 Å². The van der Waals surface area contributed by atoms with Crippen molar-refractivity contribution < 1.29 is 10.2 Å². The number of hydrogen-bond donors (Lipinski definition) is 2. The molecule has 0 spiro atoms. The van der Waals surface area contributed by atoms with Gasteiger partial charge in [-0.1, -0.05) is 32.4 Å². The largest absolute Gasteiger partial charge is 0.395 e. The summed E-state index contributed by atoms with van der Waals surface area (Å²) in [6.07, 6.45) is 2.63. The number of rotatable bonds is 8. The minimum atomic E-state index is -0.374. The summed E-state index contributed by atoms with van der Waals surface area (Å²) >= 11 is 0.